The Balaban J connectivity index is 1.70. The Morgan fingerprint density at radius 3 is 2.34 bits per heavy atom. The highest BCUT2D eigenvalue weighted by Gasteiger charge is 2.19. The van der Waals surface area contributed by atoms with E-state index in [0.29, 0.717) is 22.8 Å². The minimum absolute atomic E-state index is 0.0850. The molecular formula is C25H22ClN3O2S. The Morgan fingerprint density at radius 2 is 1.62 bits per heavy atom. The first kappa shape index (κ1) is 23.2. The van der Waals surface area contributed by atoms with E-state index in [4.69, 9.17) is 23.8 Å². The maximum Gasteiger partial charge on any atom is 0.260 e. The van der Waals surface area contributed by atoms with Gasteiger partial charge in [-0.3, -0.25) is 14.9 Å². The number of amides is 2. The first-order valence-electron chi connectivity index (χ1n) is 10.00. The predicted octanol–water partition coefficient (Wildman–Crippen LogP) is 5.53. The van der Waals surface area contributed by atoms with Gasteiger partial charge in [-0.1, -0.05) is 60.1 Å². The van der Waals surface area contributed by atoms with E-state index in [-0.39, 0.29) is 11.0 Å². The maximum absolute atomic E-state index is 13.2. The minimum atomic E-state index is -0.411. The molecule has 0 aliphatic heterocycles. The van der Waals surface area contributed by atoms with Crippen LogP contribution in [0, 0.1) is 0 Å². The summed E-state index contributed by atoms with van der Waals surface area (Å²) >= 11 is 11.4. The van der Waals surface area contributed by atoms with Crippen LogP contribution in [0.3, 0.4) is 0 Å². The molecule has 3 aromatic carbocycles. The van der Waals surface area contributed by atoms with Crippen LogP contribution in [0.1, 0.15) is 22.8 Å². The average Bonchev–Trinajstić information content (AvgIpc) is 2.80. The van der Waals surface area contributed by atoms with E-state index in [9.17, 15) is 9.59 Å². The summed E-state index contributed by atoms with van der Waals surface area (Å²) in [7, 11) is 0. The van der Waals surface area contributed by atoms with E-state index in [0.717, 1.165) is 11.3 Å². The third-order valence-corrected chi connectivity index (χ3v) is 5.14. The van der Waals surface area contributed by atoms with Crippen LogP contribution in [0.2, 0.25) is 5.02 Å². The number of benzene rings is 3. The van der Waals surface area contributed by atoms with E-state index in [1.54, 1.807) is 47.4 Å². The van der Waals surface area contributed by atoms with Crippen molar-refractivity contribution in [3.63, 3.8) is 0 Å². The van der Waals surface area contributed by atoms with Gasteiger partial charge in [0.05, 0.1) is 11.3 Å². The van der Waals surface area contributed by atoms with Gasteiger partial charge in [0, 0.05) is 23.3 Å². The molecule has 162 valence electrons. The fourth-order valence-corrected chi connectivity index (χ4v) is 3.47. The fraction of sp³-hybridized carbons (Fsp3) is 0.0800. The topological polar surface area (TPSA) is 61.4 Å². The molecule has 0 aromatic heterocycles. The smallest absolute Gasteiger partial charge is 0.260 e. The van der Waals surface area contributed by atoms with Gasteiger partial charge in [0.1, 0.15) is 0 Å². The zero-order valence-electron chi connectivity index (χ0n) is 17.4. The standard InChI is InChI=1S/C25H22ClN3O2S/c1-2-29(19-11-4-3-5-12-19)24(31)20-13-7-9-15-22(20)27-25(32)28-23(30)17-16-18-10-6-8-14-21(18)26/h3-17H,2H2,1H3,(H2,27,28,30,32)/b17-16+. The van der Waals surface area contributed by atoms with Gasteiger partial charge in [-0.25, -0.2) is 0 Å². The number of anilines is 2. The number of nitrogens with one attached hydrogen (secondary N) is 2. The molecule has 32 heavy (non-hydrogen) atoms. The lowest BCUT2D eigenvalue weighted by Crippen LogP contribution is -2.35. The van der Waals surface area contributed by atoms with Gasteiger partial charge in [0.15, 0.2) is 5.11 Å². The van der Waals surface area contributed by atoms with Crippen LogP contribution in [0.25, 0.3) is 6.08 Å². The molecule has 0 saturated carbocycles. The minimum Gasteiger partial charge on any atom is -0.332 e. The van der Waals surface area contributed by atoms with Gasteiger partial charge in [0.25, 0.3) is 5.91 Å². The lowest BCUT2D eigenvalue weighted by Gasteiger charge is -2.22. The van der Waals surface area contributed by atoms with Gasteiger partial charge in [0.2, 0.25) is 5.91 Å². The number of rotatable bonds is 6. The van der Waals surface area contributed by atoms with Crippen LogP contribution in [0.5, 0.6) is 0 Å². The molecule has 0 unspecified atom stereocenters. The summed E-state index contributed by atoms with van der Waals surface area (Å²) in [6.07, 6.45) is 2.96. The molecule has 3 rings (SSSR count). The lowest BCUT2D eigenvalue weighted by atomic mass is 10.1. The molecule has 2 amide bonds. The number of carbonyl (C=O) groups excluding carboxylic acids is 2. The summed E-state index contributed by atoms with van der Waals surface area (Å²) < 4.78 is 0. The molecule has 0 fully saturated rings. The quantitative estimate of drug-likeness (QED) is 0.372. The molecule has 7 heteroatoms. The molecule has 0 saturated heterocycles. The van der Waals surface area contributed by atoms with E-state index in [1.165, 1.54) is 6.08 Å². The summed E-state index contributed by atoms with van der Waals surface area (Å²) in [4.78, 5) is 27.1. The van der Waals surface area contributed by atoms with Crippen LogP contribution >= 0.6 is 23.8 Å². The second-order valence-corrected chi connectivity index (χ2v) is 7.54. The van der Waals surface area contributed by atoms with Crippen molar-refractivity contribution in [3.8, 4) is 0 Å². The van der Waals surface area contributed by atoms with E-state index in [2.05, 4.69) is 10.6 Å². The summed E-state index contributed by atoms with van der Waals surface area (Å²) in [6.45, 7) is 2.42. The summed E-state index contributed by atoms with van der Waals surface area (Å²) in [6, 6.07) is 23.7. The molecule has 0 aliphatic carbocycles. The van der Waals surface area contributed by atoms with Crippen molar-refractivity contribution in [1.29, 1.82) is 0 Å². The summed E-state index contributed by atoms with van der Waals surface area (Å²) in [5.41, 5.74) is 2.48. The Kier molecular flexibility index (Phi) is 8.14. The van der Waals surface area contributed by atoms with Crippen LogP contribution in [-0.4, -0.2) is 23.5 Å². The molecule has 0 bridgehead atoms. The van der Waals surface area contributed by atoms with Gasteiger partial charge in [-0.05, 0) is 61.1 Å². The maximum atomic E-state index is 13.2. The second-order valence-electron chi connectivity index (χ2n) is 6.73. The summed E-state index contributed by atoms with van der Waals surface area (Å²) in [5, 5.41) is 6.17. The van der Waals surface area contributed by atoms with Crippen molar-refractivity contribution in [3.05, 3.63) is 101 Å². The highest BCUT2D eigenvalue weighted by molar-refractivity contribution is 7.80. The normalized spacial score (nSPS) is 10.6. The molecule has 0 spiro atoms. The molecule has 0 atom stereocenters. The van der Waals surface area contributed by atoms with Crippen molar-refractivity contribution in [2.75, 3.05) is 16.8 Å². The number of hydrogen-bond donors (Lipinski definition) is 2. The number of hydrogen-bond acceptors (Lipinski definition) is 3. The van der Waals surface area contributed by atoms with E-state index < -0.39 is 5.91 Å². The summed E-state index contributed by atoms with van der Waals surface area (Å²) in [5.74, 6) is -0.583. The fourth-order valence-electron chi connectivity index (χ4n) is 3.06. The van der Waals surface area contributed by atoms with Gasteiger partial charge >= 0.3 is 0 Å². The van der Waals surface area contributed by atoms with Crippen LogP contribution in [-0.2, 0) is 4.79 Å². The van der Waals surface area contributed by atoms with Crippen LogP contribution in [0.15, 0.2) is 84.9 Å². The molecular weight excluding hydrogens is 442 g/mol. The Hall–Kier alpha value is -3.48. The number of halogens is 1. The predicted molar refractivity (Wildman–Crippen MR) is 135 cm³/mol. The van der Waals surface area contributed by atoms with Crippen LogP contribution in [0.4, 0.5) is 11.4 Å². The number of thiocarbonyl (C=S) groups is 1. The van der Waals surface area contributed by atoms with E-state index in [1.807, 2.05) is 49.4 Å². The van der Waals surface area contributed by atoms with Crippen molar-refractivity contribution in [2.24, 2.45) is 0 Å². The van der Waals surface area contributed by atoms with Crippen molar-refractivity contribution in [1.82, 2.24) is 5.32 Å². The van der Waals surface area contributed by atoms with Gasteiger partial charge in [-0.15, -0.1) is 0 Å². The zero-order valence-corrected chi connectivity index (χ0v) is 19.0. The van der Waals surface area contributed by atoms with E-state index >= 15 is 0 Å². The number of nitrogens with zero attached hydrogens (tertiary/aromatic N) is 1. The van der Waals surface area contributed by atoms with Crippen molar-refractivity contribution >= 4 is 58.2 Å². The highest BCUT2D eigenvalue weighted by atomic mass is 35.5. The average molecular weight is 464 g/mol. The molecule has 0 heterocycles. The molecule has 3 aromatic rings. The third-order valence-electron chi connectivity index (χ3n) is 4.59. The Morgan fingerprint density at radius 1 is 0.969 bits per heavy atom. The Bertz CT molecular complexity index is 1150. The number of carbonyl (C=O) groups is 2. The Labute approximate surface area is 197 Å². The molecule has 2 N–H and O–H groups in total. The first-order chi connectivity index (χ1) is 15.5. The van der Waals surface area contributed by atoms with Crippen molar-refractivity contribution in [2.45, 2.75) is 6.92 Å². The SMILES string of the molecule is CCN(C(=O)c1ccccc1NC(=S)NC(=O)/C=C/c1ccccc1Cl)c1ccccc1. The second kappa shape index (κ2) is 11.2. The first-order valence-corrected chi connectivity index (χ1v) is 10.8. The monoisotopic (exact) mass is 463 g/mol. The lowest BCUT2D eigenvalue weighted by molar-refractivity contribution is -0.115. The van der Waals surface area contributed by atoms with Crippen LogP contribution < -0.4 is 15.5 Å². The molecule has 5 nitrogen and oxygen atoms in total. The van der Waals surface area contributed by atoms with Gasteiger partial charge in [-0.2, -0.15) is 0 Å². The zero-order chi connectivity index (χ0) is 22.9. The number of para-hydroxylation sites is 2. The molecule has 0 radical (unpaired) electrons. The van der Waals surface area contributed by atoms with Crippen molar-refractivity contribution < 1.29 is 9.59 Å². The highest BCUT2D eigenvalue weighted by Crippen LogP contribution is 2.22. The molecule has 0 aliphatic rings. The largest absolute Gasteiger partial charge is 0.332 e. The third kappa shape index (κ3) is 6.03. The van der Waals surface area contributed by atoms with Gasteiger partial charge < -0.3 is 10.2 Å².